The first kappa shape index (κ1) is 51.0. The summed E-state index contributed by atoms with van der Waals surface area (Å²) >= 11 is -6.86. The zero-order valence-corrected chi connectivity index (χ0v) is 36.0. The van der Waals surface area contributed by atoms with Gasteiger partial charge in [0.05, 0.1) is 16.4 Å². The van der Waals surface area contributed by atoms with E-state index in [2.05, 4.69) is 12.2 Å². The topological polar surface area (TPSA) is 202 Å². The normalized spacial score (nSPS) is 11.5. The molecule has 3 atom stereocenters. The van der Waals surface area contributed by atoms with Crippen molar-refractivity contribution in [2.75, 3.05) is 11.9 Å². The predicted molar refractivity (Wildman–Crippen MR) is 165 cm³/mol. The number of carbonyl (C=O) groups excluding carboxylic acids is 1. The van der Waals surface area contributed by atoms with Gasteiger partial charge in [-0.2, -0.15) is 0 Å². The van der Waals surface area contributed by atoms with Gasteiger partial charge in [-0.3, -0.25) is 27.5 Å². The van der Waals surface area contributed by atoms with Gasteiger partial charge in [0.15, 0.2) is 0 Å². The molecular formula is C29H35N2Na3O10S3. The van der Waals surface area contributed by atoms with E-state index in [1.165, 1.54) is 75.1 Å². The molecule has 0 saturated carbocycles. The summed E-state index contributed by atoms with van der Waals surface area (Å²) in [5.74, 6) is 0.281. The number of hydrogen-bond donors (Lipinski definition) is 1. The third-order valence-electron chi connectivity index (χ3n) is 5.62. The summed E-state index contributed by atoms with van der Waals surface area (Å²) < 4.78 is 69.4. The molecule has 0 aromatic heterocycles. The largest absolute Gasteiger partial charge is 1.00 e. The van der Waals surface area contributed by atoms with Gasteiger partial charge in [0.1, 0.15) is 5.75 Å². The molecule has 0 aliphatic carbocycles. The van der Waals surface area contributed by atoms with E-state index in [4.69, 9.17) is 4.74 Å². The molecule has 0 saturated heterocycles. The summed E-state index contributed by atoms with van der Waals surface area (Å²) in [5.41, 5.74) is 1.28. The zero-order chi connectivity index (χ0) is 33.1. The molecule has 0 fully saturated rings. The Morgan fingerprint density at radius 1 is 0.787 bits per heavy atom. The number of nitro benzene ring substituents is 1. The molecule has 3 aromatic carbocycles. The maximum Gasteiger partial charge on any atom is 1.00 e. The van der Waals surface area contributed by atoms with Gasteiger partial charge in [0.2, 0.25) is 5.91 Å². The molecule has 47 heavy (non-hydrogen) atoms. The second-order valence-electron chi connectivity index (χ2n) is 9.23. The number of aryl methyl sites for hydroxylation is 1. The number of carbonyl (C=O) groups is 1. The number of amides is 1. The van der Waals surface area contributed by atoms with Crippen LogP contribution in [0.5, 0.6) is 5.75 Å². The summed E-state index contributed by atoms with van der Waals surface area (Å²) in [5, 5.41) is 12.7. The van der Waals surface area contributed by atoms with Crippen LogP contribution < -0.4 is 98.7 Å². The monoisotopic (exact) mass is 736 g/mol. The molecule has 12 nitrogen and oxygen atoms in total. The summed E-state index contributed by atoms with van der Waals surface area (Å²) in [4.78, 5) is 20.5. The van der Waals surface area contributed by atoms with E-state index in [1.54, 1.807) is 12.1 Å². The van der Waals surface area contributed by atoms with Crippen LogP contribution in [-0.2, 0) is 38.0 Å². The Morgan fingerprint density at radius 3 is 1.87 bits per heavy atom. The Morgan fingerprint density at radius 2 is 1.36 bits per heavy atom. The minimum absolute atomic E-state index is 0. The number of nitro groups is 1. The molecule has 3 unspecified atom stereocenters. The molecule has 0 aliphatic heterocycles. The van der Waals surface area contributed by atoms with Crippen molar-refractivity contribution < 1.29 is 129 Å². The third kappa shape index (κ3) is 22.9. The van der Waals surface area contributed by atoms with Crippen LogP contribution >= 0.6 is 0 Å². The van der Waals surface area contributed by atoms with Crippen molar-refractivity contribution in [3.8, 4) is 5.75 Å². The molecule has 3 rings (SSSR count). The standard InChI is InChI=1S/C15H24O3S.C8H9NO3S.C6H5NO4S.3Na/c1-3-4-5-6-7-8-11-18-14-10-9-13(2)12-15(14)19(16)17;1-6(10)9-7-2-4-8(5-3-7)13(11)12;8-7(9)5-2-1-3-6(4-5)12(10)11;;;/h9-10,12H,3-8,11H2,1-2H3,(H,16,17);2-5H,1H3,(H,9,10)(H,11,12);1-4H,(H,10,11);;;/q;;;3*+1/p-3. The average molecular weight is 737 g/mol. The second kappa shape index (κ2) is 29.4. The van der Waals surface area contributed by atoms with E-state index in [9.17, 15) is 41.2 Å². The third-order valence-corrected chi connectivity index (χ3v) is 7.60. The van der Waals surface area contributed by atoms with Crippen LogP contribution in [0.2, 0.25) is 0 Å². The van der Waals surface area contributed by atoms with Crippen molar-refractivity contribution in [2.24, 2.45) is 0 Å². The van der Waals surface area contributed by atoms with Gasteiger partial charge in [0, 0.05) is 34.5 Å². The van der Waals surface area contributed by atoms with Crippen molar-refractivity contribution >= 4 is 50.5 Å². The molecule has 0 spiro atoms. The van der Waals surface area contributed by atoms with Crippen molar-refractivity contribution in [3.63, 3.8) is 0 Å². The van der Waals surface area contributed by atoms with Crippen molar-refractivity contribution in [1.29, 1.82) is 0 Å². The van der Waals surface area contributed by atoms with E-state index >= 15 is 0 Å². The maximum absolute atomic E-state index is 11.1. The van der Waals surface area contributed by atoms with E-state index in [0.717, 1.165) is 24.5 Å². The average Bonchev–Trinajstić information content (AvgIpc) is 2.98. The zero-order valence-electron chi connectivity index (χ0n) is 27.6. The summed E-state index contributed by atoms with van der Waals surface area (Å²) in [6.07, 6.45) is 7.16. The Bertz CT molecular complexity index is 1410. The molecule has 0 aliphatic rings. The summed E-state index contributed by atoms with van der Waals surface area (Å²) in [6.45, 7) is 6.04. The molecule has 0 radical (unpaired) electrons. The van der Waals surface area contributed by atoms with Gasteiger partial charge in [-0.15, -0.1) is 0 Å². The molecule has 1 N–H and O–H groups in total. The minimum Gasteiger partial charge on any atom is -0.768 e. The van der Waals surface area contributed by atoms with Crippen molar-refractivity contribution in [2.45, 2.75) is 74.0 Å². The van der Waals surface area contributed by atoms with Crippen LogP contribution in [0.15, 0.2) is 81.4 Å². The first-order chi connectivity index (χ1) is 20.8. The number of ether oxygens (including phenoxy) is 1. The van der Waals surface area contributed by atoms with E-state index in [0.29, 0.717) is 18.0 Å². The fourth-order valence-electron chi connectivity index (χ4n) is 3.48. The van der Waals surface area contributed by atoms with Crippen LogP contribution in [0.25, 0.3) is 0 Å². The van der Waals surface area contributed by atoms with Crippen LogP contribution in [0.4, 0.5) is 11.4 Å². The quantitative estimate of drug-likeness (QED) is 0.0609. The SMILES string of the molecule is CC(=O)Nc1ccc(S(=O)[O-])cc1.CCCCCCCCOc1ccc(C)cc1S(=O)[O-].O=[N+]([O-])c1cccc(S(=O)[O-])c1.[Na+].[Na+].[Na+]. The minimum atomic E-state index is -2.41. The van der Waals surface area contributed by atoms with Gasteiger partial charge in [-0.05, 0) is 94.6 Å². The first-order valence-electron chi connectivity index (χ1n) is 13.5. The van der Waals surface area contributed by atoms with Gasteiger partial charge < -0.3 is 23.7 Å². The number of anilines is 1. The summed E-state index contributed by atoms with van der Waals surface area (Å²) in [6, 6.07) is 16.0. The summed E-state index contributed by atoms with van der Waals surface area (Å²) in [7, 11) is 0. The number of unbranched alkanes of at least 4 members (excludes halogenated alkanes) is 5. The van der Waals surface area contributed by atoms with Gasteiger partial charge in [0.25, 0.3) is 5.69 Å². The molecule has 0 bridgehead atoms. The van der Waals surface area contributed by atoms with E-state index in [1.807, 2.05) is 13.0 Å². The maximum atomic E-state index is 11.1. The predicted octanol–water partition coefficient (Wildman–Crippen LogP) is -3.30. The van der Waals surface area contributed by atoms with Crippen LogP contribution in [-0.4, -0.2) is 43.7 Å². The smallest absolute Gasteiger partial charge is 0.768 e. The first-order valence-corrected chi connectivity index (χ1v) is 16.7. The molecule has 1 amide bonds. The van der Waals surface area contributed by atoms with E-state index in [-0.39, 0.29) is 115 Å². The van der Waals surface area contributed by atoms with Crippen LogP contribution in [0.1, 0.15) is 57.9 Å². The van der Waals surface area contributed by atoms with Crippen LogP contribution in [0, 0.1) is 17.0 Å². The molecule has 0 heterocycles. The van der Waals surface area contributed by atoms with Crippen molar-refractivity contribution in [3.05, 3.63) is 82.4 Å². The Kier molecular flexibility index (Phi) is 31.9. The Hall–Kier alpha value is -0.340. The number of hydrogen-bond acceptors (Lipinski definition) is 10. The number of nitrogens with zero attached hydrogens (tertiary/aromatic N) is 1. The van der Waals surface area contributed by atoms with Gasteiger partial charge in [-0.25, -0.2) is 0 Å². The molecule has 242 valence electrons. The number of benzene rings is 3. The van der Waals surface area contributed by atoms with Crippen molar-refractivity contribution in [1.82, 2.24) is 0 Å². The molecule has 3 aromatic rings. The van der Waals surface area contributed by atoms with E-state index < -0.39 is 38.2 Å². The van der Waals surface area contributed by atoms with Gasteiger partial charge >= 0.3 is 88.7 Å². The Balaban J connectivity index is -0.000000618. The molecule has 18 heteroatoms. The number of nitrogens with one attached hydrogen (secondary N) is 1. The Labute approximate surface area is 349 Å². The number of non-ortho nitro benzene ring substituents is 1. The fourth-order valence-corrected chi connectivity index (χ4v) is 4.82. The number of rotatable bonds is 13. The van der Waals surface area contributed by atoms with Gasteiger partial charge in [-0.1, -0.05) is 51.2 Å². The fraction of sp³-hybridized carbons (Fsp3) is 0.345. The van der Waals surface area contributed by atoms with Crippen LogP contribution in [0.3, 0.4) is 0 Å². The molecular weight excluding hydrogens is 701 g/mol. The second-order valence-corrected chi connectivity index (χ2v) is 12.0.